The van der Waals surface area contributed by atoms with Crippen LogP contribution in [0.25, 0.3) is 21.5 Å². The van der Waals surface area contributed by atoms with Crippen molar-refractivity contribution in [1.82, 2.24) is 0 Å². The predicted octanol–water partition coefficient (Wildman–Crippen LogP) is 9.08. The van der Waals surface area contributed by atoms with Gasteiger partial charge < -0.3 is 23.7 Å². The van der Waals surface area contributed by atoms with Crippen molar-refractivity contribution in [3.63, 3.8) is 0 Å². The molecule has 0 unspecified atom stereocenters. The molecule has 46 heavy (non-hydrogen) atoms. The third-order valence-corrected chi connectivity index (χ3v) is 7.46. The molecule has 1 aliphatic heterocycles. The lowest BCUT2D eigenvalue weighted by atomic mass is 9.76. The van der Waals surface area contributed by atoms with E-state index in [9.17, 15) is 14.4 Å². The number of esters is 1. The van der Waals surface area contributed by atoms with E-state index in [1.54, 1.807) is 77.9 Å². The molecule has 0 saturated carbocycles. The fourth-order valence-corrected chi connectivity index (χ4v) is 5.82. The van der Waals surface area contributed by atoms with Crippen LogP contribution in [0.3, 0.4) is 0 Å². The second kappa shape index (κ2) is 11.2. The van der Waals surface area contributed by atoms with Crippen LogP contribution in [0.2, 0.25) is 0 Å². The lowest BCUT2D eigenvalue weighted by Crippen LogP contribution is -2.30. The van der Waals surface area contributed by atoms with Gasteiger partial charge in [-0.3, -0.25) is 0 Å². The minimum Gasteiger partial charge on any atom is -0.441 e. The van der Waals surface area contributed by atoms with Crippen LogP contribution in [-0.4, -0.2) is 29.5 Å². The Kier molecular flexibility index (Phi) is 7.47. The molecule has 0 aromatic heterocycles. The quantitative estimate of drug-likeness (QED) is 0.112. The van der Waals surface area contributed by atoms with Gasteiger partial charge in [-0.05, 0) is 82.6 Å². The van der Waals surface area contributed by atoms with E-state index in [1.165, 1.54) is 0 Å². The molecule has 0 saturated heterocycles. The van der Waals surface area contributed by atoms with Crippen LogP contribution in [0.4, 0.5) is 9.59 Å². The first-order chi connectivity index (χ1) is 21.8. The van der Waals surface area contributed by atoms with Crippen molar-refractivity contribution in [3.05, 3.63) is 119 Å². The van der Waals surface area contributed by atoms with Gasteiger partial charge in [-0.25, -0.2) is 14.4 Å². The lowest BCUT2D eigenvalue weighted by molar-refractivity contribution is 0.0196. The predicted molar refractivity (Wildman–Crippen MR) is 173 cm³/mol. The summed E-state index contributed by atoms with van der Waals surface area (Å²) in [6, 6.07) is 29.1. The minimum atomic E-state index is -1.41. The topological polar surface area (TPSA) is 97.4 Å². The fraction of sp³-hybridized carbons (Fsp3) is 0.237. The van der Waals surface area contributed by atoms with Crippen molar-refractivity contribution < 1.29 is 38.1 Å². The summed E-state index contributed by atoms with van der Waals surface area (Å²) in [5.74, 6) is 0.117. The third-order valence-electron chi connectivity index (χ3n) is 7.46. The van der Waals surface area contributed by atoms with Gasteiger partial charge in [-0.1, -0.05) is 66.7 Å². The molecule has 5 aromatic rings. The van der Waals surface area contributed by atoms with E-state index in [-0.39, 0.29) is 0 Å². The molecule has 0 N–H and O–H groups in total. The van der Waals surface area contributed by atoms with Crippen molar-refractivity contribution in [3.8, 4) is 11.5 Å². The zero-order valence-electron chi connectivity index (χ0n) is 26.5. The maximum Gasteiger partial charge on any atom is 0.514 e. The van der Waals surface area contributed by atoms with Crippen LogP contribution >= 0.6 is 0 Å². The maximum absolute atomic E-state index is 13.6. The molecule has 0 fully saturated rings. The van der Waals surface area contributed by atoms with Crippen LogP contribution in [0, 0.1) is 0 Å². The molecule has 0 aliphatic carbocycles. The number of carbonyl (C=O) groups is 3. The smallest absolute Gasteiger partial charge is 0.441 e. The van der Waals surface area contributed by atoms with Crippen molar-refractivity contribution in [1.29, 1.82) is 0 Å². The number of carbonyl (C=O) groups excluding carboxylic acids is 3. The van der Waals surface area contributed by atoms with Gasteiger partial charge in [0.1, 0.15) is 22.7 Å². The molecule has 0 radical (unpaired) electrons. The highest BCUT2D eigenvalue weighted by atomic mass is 16.7. The van der Waals surface area contributed by atoms with Gasteiger partial charge >= 0.3 is 18.3 Å². The monoisotopic (exact) mass is 618 g/mol. The number of cyclic esters (lactones) is 1. The molecular formula is C38H34O8. The molecule has 8 nitrogen and oxygen atoms in total. The Bertz CT molecular complexity index is 1900. The van der Waals surface area contributed by atoms with Gasteiger partial charge in [0.15, 0.2) is 5.60 Å². The Morgan fingerprint density at radius 3 is 1.41 bits per heavy atom. The summed E-state index contributed by atoms with van der Waals surface area (Å²) < 4.78 is 28.7. The maximum atomic E-state index is 13.6. The largest absolute Gasteiger partial charge is 0.514 e. The summed E-state index contributed by atoms with van der Waals surface area (Å²) in [5, 5.41) is 2.65. The zero-order valence-corrected chi connectivity index (χ0v) is 26.5. The molecule has 8 heteroatoms. The molecule has 0 spiro atoms. The summed E-state index contributed by atoms with van der Waals surface area (Å²) in [4.78, 5) is 39.0. The number of hydrogen-bond acceptors (Lipinski definition) is 8. The molecule has 0 amide bonds. The Morgan fingerprint density at radius 2 is 0.957 bits per heavy atom. The van der Waals surface area contributed by atoms with Gasteiger partial charge in [-0.15, -0.1) is 0 Å². The Hall–Kier alpha value is -5.37. The van der Waals surface area contributed by atoms with Crippen LogP contribution in [0.15, 0.2) is 97.1 Å². The molecule has 0 atom stereocenters. The third kappa shape index (κ3) is 5.62. The molecule has 6 rings (SSSR count). The number of hydrogen-bond donors (Lipinski definition) is 0. The lowest BCUT2D eigenvalue weighted by Gasteiger charge is -2.33. The molecule has 0 bridgehead atoms. The van der Waals surface area contributed by atoms with Gasteiger partial charge in [0, 0.05) is 27.5 Å². The summed E-state index contributed by atoms with van der Waals surface area (Å²) >= 11 is 0. The second-order valence-corrected chi connectivity index (χ2v) is 13.1. The van der Waals surface area contributed by atoms with E-state index in [0.29, 0.717) is 55.3 Å². The molecule has 234 valence electrons. The van der Waals surface area contributed by atoms with Crippen LogP contribution in [0.5, 0.6) is 11.5 Å². The van der Waals surface area contributed by atoms with Gasteiger partial charge in [0.05, 0.1) is 5.56 Å². The van der Waals surface area contributed by atoms with Crippen molar-refractivity contribution in [2.24, 2.45) is 0 Å². The Labute approximate surface area is 266 Å². The van der Waals surface area contributed by atoms with Crippen molar-refractivity contribution in [2.45, 2.75) is 58.3 Å². The highest BCUT2D eigenvalue weighted by molar-refractivity contribution is 6.02. The van der Waals surface area contributed by atoms with Crippen LogP contribution in [-0.2, 0) is 19.8 Å². The second-order valence-electron chi connectivity index (χ2n) is 13.1. The summed E-state index contributed by atoms with van der Waals surface area (Å²) in [5.41, 5.74) is -0.497. The number of ether oxygens (including phenoxy) is 5. The van der Waals surface area contributed by atoms with E-state index in [2.05, 4.69) is 0 Å². The average molecular weight is 619 g/mol. The standard InChI is InChI=1S/C38H34O8/c1-36(2,3)45-34(40)42-31-21-19-29(23-13-7-9-15-25(23)31)38(28-18-12-11-17-27(28)33(39)44-38)30-20-22-32(26-16-10-8-14-24(26)30)43-35(41)46-37(4,5)6/h7-22H,1-6H3. The molecule has 5 aromatic carbocycles. The SMILES string of the molecule is CC(C)(C)OC(=O)Oc1ccc(C2(c3ccc(OC(=O)OC(C)(C)C)c4ccccc34)OC(=O)c3ccccc32)c2ccccc12. The van der Waals surface area contributed by atoms with Gasteiger partial charge in [-0.2, -0.15) is 0 Å². The highest BCUT2D eigenvalue weighted by Crippen LogP contribution is 2.52. The number of fused-ring (bicyclic) bond motifs is 3. The van der Waals surface area contributed by atoms with E-state index < -0.39 is 35.1 Å². The summed E-state index contributed by atoms with van der Waals surface area (Å²) in [7, 11) is 0. The van der Waals surface area contributed by atoms with E-state index >= 15 is 0 Å². The summed E-state index contributed by atoms with van der Waals surface area (Å²) in [6.45, 7) is 10.6. The van der Waals surface area contributed by atoms with Crippen LogP contribution < -0.4 is 9.47 Å². The summed E-state index contributed by atoms with van der Waals surface area (Å²) in [6.07, 6.45) is -1.66. The highest BCUT2D eigenvalue weighted by Gasteiger charge is 2.50. The normalized spacial score (nSPS) is 14.0. The van der Waals surface area contributed by atoms with Crippen molar-refractivity contribution >= 4 is 39.8 Å². The van der Waals surface area contributed by atoms with E-state index in [0.717, 1.165) is 0 Å². The first kappa shape index (κ1) is 30.6. The Balaban J connectivity index is 1.58. The number of rotatable bonds is 4. The van der Waals surface area contributed by atoms with Gasteiger partial charge in [0.2, 0.25) is 0 Å². The first-order valence-corrected chi connectivity index (χ1v) is 15.0. The minimum absolute atomic E-state index is 0.298. The fourth-order valence-electron chi connectivity index (χ4n) is 5.82. The average Bonchev–Trinajstić information content (AvgIpc) is 3.28. The molecule has 1 heterocycles. The van der Waals surface area contributed by atoms with Crippen LogP contribution in [0.1, 0.15) is 68.6 Å². The van der Waals surface area contributed by atoms with E-state index in [4.69, 9.17) is 23.7 Å². The van der Waals surface area contributed by atoms with E-state index in [1.807, 2.05) is 60.7 Å². The molecule has 1 aliphatic rings. The molecular weight excluding hydrogens is 584 g/mol. The van der Waals surface area contributed by atoms with Gasteiger partial charge in [0.25, 0.3) is 0 Å². The zero-order chi connectivity index (χ0) is 32.9. The number of benzene rings is 5. The van der Waals surface area contributed by atoms with Crippen molar-refractivity contribution in [2.75, 3.05) is 0 Å². The Morgan fingerprint density at radius 1 is 0.543 bits per heavy atom. The first-order valence-electron chi connectivity index (χ1n) is 15.0.